The largest absolute Gasteiger partial charge is 0.418 e. The quantitative estimate of drug-likeness (QED) is 0.328. The van der Waals surface area contributed by atoms with Gasteiger partial charge in [0.05, 0.1) is 22.4 Å². The molecule has 2 N–H and O–H groups in total. The SMILES string of the molecule is CC(C)(C)C1CCc2c(sc(NC(=O)c3ccccc3Br)c2C(=O)Nc2ccccc2C(F)(F)F)C1. The van der Waals surface area contributed by atoms with Crippen LogP contribution in [0.1, 0.15) is 63.9 Å². The minimum atomic E-state index is -4.62. The molecule has 1 heterocycles. The van der Waals surface area contributed by atoms with Gasteiger partial charge >= 0.3 is 6.18 Å². The molecule has 1 aliphatic carbocycles. The van der Waals surface area contributed by atoms with Gasteiger partial charge in [-0.1, -0.05) is 45.0 Å². The topological polar surface area (TPSA) is 58.2 Å². The molecule has 1 aromatic heterocycles. The van der Waals surface area contributed by atoms with Crippen molar-refractivity contribution >= 4 is 49.8 Å². The van der Waals surface area contributed by atoms with Crippen LogP contribution in [0.2, 0.25) is 0 Å². The van der Waals surface area contributed by atoms with E-state index in [0.717, 1.165) is 29.3 Å². The number of carbonyl (C=O) groups is 2. The van der Waals surface area contributed by atoms with E-state index >= 15 is 0 Å². The van der Waals surface area contributed by atoms with Gasteiger partial charge < -0.3 is 10.6 Å². The van der Waals surface area contributed by atoms with Crippen LogP contribution in [0.3, 0.4) is 0 Å². The lowest BCUT2D eigenvalue weighted by molar-refractivity contribution is -0.136. The second-order valence-electron chi connectivity index (χ2n) is 9.95. The summed E-state index contributed by atoms with van der Waals surface area (Å²) >= 11 is 4.70. The standard InChI is InChI=1S/C27H26BrF3N2O2S/c1-26(2,3)15-12-13-17-21(14-15)36-25(33-23(34)16-8-4-6-10-19(16)28)22(17)24(35)32-20-11-7-5-9-18(20)27(29,30)31/h4-11,15H,12-14H2,1-3H3,(H,32,35)(H,33,34). The highest BCUT2D eigenvalue weighted by Gasteiger charge is 2.36. The summed E-state index contributed by atoms with van der Waals surface area (Å²) in [5, 5.41) is 5.66. The summed E-state index contributed by atoms with van der Waals surface area (Å²) < 4.78 is 41.2. The van der Waals surface area contributed by atoms with Gasteiger partial charge in [0.15, 0.2) is 0 Å². The van der Waals surface area contributed by atoms with Crippen LogP contribution in [-0.2, 0) is 19.0 Å². The highest BCUT2D eigenvalue weighted by atomic mass is 79.9. The van der Waals surface area contributed by atoms with E-state index in [2.05, 4.69) is 47.3 Å². The fraction of sp³-hybridized carbons (Fsp3) is 0.333. The van der Waals surface area contributed by atoms with Crippen molar-refractivity contribution in [3.63, 3.8) is 0 Å². The number of hydrogen-bond donors (Lipinski definition) is 2. The maximum absolute atomic E-state index is 13.5. The molecule has 0 radical (unpaired) electrons. The molecule has 4 nitrogen and oxygen atoms in total. The Kier molecular flexibility index (Phi) is 7.35. The summed E-state index contributed by atoms with van der Waals surface area (Å²) in [4.78, 5) is 27.5. The first kappa shape index (κ1) is 26.4. The monoisotopic (exact) mass is 578 g/mol. The summed E-state index contributed by atoms with van der Waals surface area (Å²) in [5.41, 5.74) is 0.249. The molecule has 0 aliphatic heterocycles. The van der Waals surface area contributed by atoms with Crippen LogP contribution in [-0.4, -0.2) is 11.8 Å². The van der Waals surface area contributed by atoms with Gasteiger partial charge in [-0.05, 0) is 76.4 Å². The van der Waals surface area contributed by atoms with Crippen molar-refractivity contribution in [2.24, 2.45) is 11.3 Å². The Hall–Kier alpha value is -2.65. The third-order valence-corrected chi connectivity index (χ3v) is 8.40. The number of para-hydroxylation sites is 1. The van der Waals surface area contributed by atoms with Crippen LogP contribution in [0.25, 0.3) is 0 Å². The average Bonchev–Trinajstić information content (AvgIpc) is 3.15. The van der Waals surface area contributed by atoms with E-state index in [9.17, 15) is 22.8 Å². The van der Waals surface area contributed by atoms with Gasteiger partial charge in [-0.25, -0.2) is 0 Å². The lowest BCUT2D eigenvalue weighted by atomic mass is 9.72. The summed E-state index contributed by atoms with van der Waals surface area (Å²) in [6, 6.07) is 11.8. The lowest BCUT2D eigenvalue weighted by Gasteiger charge is -2.33. The number of carbonyl (C=O) groups excluding carboxylic acids is 2. The molecule has 9 heteroatoms. The summed E-state index contributed by atoms with van der Waals surface area (Å²) in [6.07, 6.45) is -2.41. The minimum Gasteiger partial charge on any atom is -0.321 e. The number of anilines is 2. The van der Waals surface area contributed by atoms with Crippen LogP contribution in [0.4, 0.5) is 23.9 Å². The summed E-state index contributed by atoms with van der Waals surface area (Å²) in [6.45, 7) is 6.52. The zero-order valence-electron chi connectivity index (χ0n) is 20.1. The van der Waals surface area contributed by atoms with E-state index in [4.69, 9.17) is 0 Å². The van der Waals surface area contributed by atoms with E-state index in [-0.39, 0.29) is 16.7 Å². The molecule has 1 aliphatic rings. The minimum absolute atomic E-state index is 0.0636. The van der Waals surface area contributed by atoms with Crippen molar-refractivity contribution in [1.29, 1.82) is 0 Å². The van der Waals surface area contributed by atoms with Gasteiger partial charge in [0.1, 0.15) is 5.00 Å². The molecular weight excluding hydrogens is 553 g/mol. The molecular formula is C27H26BrF3N2O2S. The first-order chi connectivity index (χ1) is 16.9. The predicted octanol–water partition coefficient (Wildman–Crippen LogP) is 8.19. The first-order valence-corrected chi connectivity index (χ1v) is 13.1. The van der Waals surface area contributed by atoms with Gasteiger partial charge in [0.25, 0.3) is 11.8 Å². The molecule has 4 rings (SSSR count). The molecule has 36 heavy (non-hydrogen) atoms. The number of amides is 2. The molecule has 0 fully saturated rings. The van der Waals surface area contributed by atoms with E-state index in [0.29, 0.717) is 27.4 Å². The van der Waals surface area contributed by atoms with Crippen LogP contribution >= 0.6 is 27.3 Å². The normalized spacial score (nSPS) is 15.8. The van der Waals surface area contributed by atoms with Crippen LogP contribution in [0.15, 0.2) is 53.0 Å². The number of rotatable bonds is 4. The molecule has 0 saturated heterocycles. The van der Waals surface area contributed by atoms with Crippen molar-refractivity contribution in [3.8, 4) is 0 Å². The van der Waals surface area contributed by atoms with Crippen molar-refractivity contribution < 1.29 is 22.8 Å². The Morgan fingerprint density at radius 2 is 1.64 bits per heavy atom. The third-order valence-electron chi connectivity index (χ3n) is 6.54. The number of fused-ring (bicyclic) bond motifs is 1. The van der Waals surface area contributed by atoms with Crippen LogP contribution in [0, 0.1) is 11.3 Å². The Balaban J connectivity index is 1.73. The number of nitrogens with one attached hydrogen (secondary N) is 2. The van der Waals surface area contributed by atoms with Crippen LogP contribution < -0.4 is 10.6 Å². The highest BCUT2D eigenvalue weighted by Crippen LogP contribution is 2.45. The maximum Gasteiger partial charge on any atom is 0.418 e. The van der Waals surface area contributed by atoms with E-state index < -0.39 is 23.6 Å². The summed E-state index contributed by atoms with van der Waals surface area (Å²) in [5.74, 6) is -0.684. The number of alkyl halides is 3. The molecule has 1 atom stereocenters. The molecule has 0 saturated carbocycles. The fourth-order valence-electron chi connectivity index (χ4n) is 4.49. The molecule has 1 unspecified atom stereocenters. The predicted molar refractivity (Wildman–Crippen MR) is 141 cm³/mol. The number of benzene rings is 2. The lowest BCUT2D eigenvalue weighted by Crippen LogP contribution is -2.27. The van der Waals surface area contributed by atoms with Gasteiger partial charge in [0.2, 0.25) is 0 Å². The zero-order valence-corrected chi connectivity index (χ0v) is 22.5. The Morgan fingerprint density at radius 3 is 2.31 bits per heavy atom. The van der Waals surface area contributed by atoms with Gasteiger partial charge in [-0.2, -0.15) is 13.2 Å². The molecule has 3 aromatic rings. The Morgan fingerprint density at radius 1 is 0.972 bits per heavy atom. The van der Waals surface area contributed by atoms with Crippen molar-refractivity contribution in [2.75, 3.05) is 10.6 Å². The fourth-order valence-corrected chi connectivity index (χ4v) is 6.28. The molecule has 0 spiro atoms. The molecule has 2 amide bonds. The van der Waals surface area contributed by atoms with Crippen molar-refractivity contribution in [3.05, 3.63) is 80.1 Å². The van der Waals surface area contributed by atoms with Gasteiger partial charge in [0, 0.05) is 9.35 Å². The highest BCUT2D eigenvalue weighted by molar-refractivity contribution is 9.10. The van der Waals surface area contributed by atoms with Crippen molar-refractivity contribution in [2.45, 2.75) is 46.2 Å². The number of halogens is 4. The smallest absolute Gasteiger partial charge is 0.321 e. The van der Waals surface area contributed by atoms with Crippen molar-refractivity contribution in [1.82, 2.24) is 0 Å². The second-order valence-corrected chi connectivity index (χ2v) is 11.9. The van der Waals surface area contributed by atoms with Gasteiger partial charge in [-0.3, -0.25) is 9.59 Å². The number of hydrogen-bond acceptors (Lipinski definition) is 3. The molecule has 2 aromatic carbocycles. The maximum atomic E-state index is 13.5. The average molecular weight is 579 g/mol. The molecule has 190 valence electrons. The second kappa shape index (κ2) is 10.0. The summed E-state index contributed by atoms with van der Waals surface area (Å²) in [7, 11) is 0. The number of thiophene rings is 1. The van der Waals surface area contributed by atoms with E-state index in [1.807, 2.05) is 0 Å². The molecule has 0 bridgehead atoms. The van der Waals surface area contributed by atoms with Crippen LogP contribution in [0.5, 0.6) is 0 Å². The Labute approximate surface area is 220 Å². The zero-order chi connectivity index (χ0) is 26.3. The first-order valence-electron chi connectivity index (χ1n) is 11.5. The van der Waals surface area contributed by atoms with E-state index in [1.165, 1.54) is 29.5 Å². The van der Waals surface area contributed by atoms with E-state index in [1.54, 1.807) is 24.3 Å². The Bertz CT molecular complexity index is 1310. The van der Waals surface area contributed by atoms with Gasteiger partial charge in [-0.15, -0.1) is 11.3 Å². The third kappa shape index (κ3) is 5.52.